The number of halogens is 4. The van der Waals surface area contributed by atoms with Gasteiger partial charge in [0.15, 0.2) is 16.5 Å². The molecule has 228 valence electrons. The molecule has 0 radical (unpaired) electrons. The van der Waals surface area contributed by atoms with Gasteiger partial charge in [0.25, 0.3) is 11.8 Å². The van der Waals surface area contributed by atoms with Gasteiger partial charge >= 0.3 is 0 Å². The highest BCUT2D eigenvalue weighted by Gasteiger charge is 2.53. The number of aromatic hydroxyl groups is 1. The molecule has 6 rings (SSSR count). The van der Waals surface area contributed by atoms with Gasteiger partial charge in [0.2, 0.25) is 11.3 Å². The number of carbonyl (C=O) groups excluding carboxylic acids is 2. The number of rotatable bonds is 5. The maximum absolute atomic E-state index is 14.2. The van der Waals surface area contributed by atoms with Crippen LogP contribution < -0.4 is 10.4 Å². The Balaban J connectivity index is 1.30. The van der Waals surface area contributed by atoms with Crippen LogP contribution >= 0.6 is 11.3 Å². The van der Waals surface area contributed by atoms with Crippen molar-refractivity contribution in [3.8, 4) is 16.3 Å². The number of likely N-dealkylation sites (tertiary alicyclic amines) is 1. The van der Waals surface area contributed by atoms with Crippen LogP contribution in [0.1, 0.15) is 53.7 Å². The van der Waals surface area contributed by atoms with Crippen LogP contribution in [-0.2, 0) is 11.2 Å². The molecule has 0 atom stereocenters. The van der Waals surface area contributed by atoms with Crippen LogP contribution in [0.2, 0.25) is 0 Å². The first kappa shape index (κ1) is 29.1. The number of hydrogen-bond donors (Lipinski definition) is 1. The van der Waals surface area contributed by atoms with Gasteiger partial charge in [-0.15, -0.1) is 10.2 Å². The highest BCUT2D eigenvalue weighted by atomic mass is 32.1. The van der Waals surface area contributed by atoms with Crippen LogP contribution in [0, 0.1) is 17.6 Å². The zero-order chi connectivity index (χ0) is 30.8. The van der Waals surface area contributed by atoms with Crippen molar-refractivity contribution >= 4 is 23.2 Å². The summed E-state index contributed by atoms with van der Waals surface area (Å²) in [6, 6.07) is 3.19. The SMILES string of the molecule is CCN1C(=O)c2c(O)c(=O)c(-c3nnc(Cc4ccc(F)cc4F)s3)cn2N(C)C12CCC(C(=O)N1CC(F)(F)C1)CC2. The van der Waals surface area contributed by atoms with Gasteiger partial charge < -0.3 is 14.9 Å². The molecule has 2 amide bonds. The number of fused-ring (bicyclic) bond motifs is 1. The lowest BCUT2D eigenvalue weighted by Crippen LogP contribution is -2.70. The van der Waals surface area contributed by atoms with Crippen molar-refractivity contribution in [3.05, 3.63) is 62.5 Å². The van der Waals surface area contributed by atoms with Crippen LogP contribution in [0.3, 0.4) is 0 Å². The molecule has 1 aromatic carbocycles. The summed E-state index contributed by atoms with van der Waals surface area (Å²) in [4.78, 5) is 42.6. The number of benzene rings is 1. The van der Waals surface area contributed by atoms with Crippen molar-refractivity contribution in [1.82, 2.24) is 24.7 Å². The van der Waals surface area contributed by atoms with Gasteiger partial charge in [0, 0.05) is 38.2 Å². The second-order valence-electron chi connectivity index (χ2n) is 11.2. The molecule has 4 heterocycles. The van der Waals surface area contributed by atoms with Crippen molar-refractivity contribution in [2.45, 2.75) is 50.6 Å². The van der Waals surface area contributed by atoms with Gasteiger partial charge in [0.05, 0.1) is 18.7 Å². The Morgan fingerprint density at radius 2 is 1.84 bits per heavy atom. The van der Waals surface area contributed by atoms with E-state index in [0.717, 1.165) is 23.5 Å². The normalized spacial score (nSPS) is 23.0. The summed E-state index contributed by atoms with van der Waals surface area (Å²) in [5.74, 6) is -6.39. The fourth-order valence-corrected chi connectivity index (χ4v) is 7.29. The summed E-state index contributed by atoms with van der Waals surface area (Å²) in [5, 5.41) is 21.3. The van der Waals surface area contributed by atoms with Crippen LogP contribution in [-0.4, -0.2) is 79.9 Å². The van der Waals surface area contributed by atoms with E-state index < -0.39 is 59.3 Å². The molecule has 0 bridgehead atoms. The van der Waals surface area contributed by atoms with E-state index in [1.165, 1.54) is 21.8 Å². The molecule has 1 saturated carbocycles. The fourth-order valence-electron chi connectivity index (χ4n) is 6.42. The average Bonchev–Trinajstić information content (AvgIpc) is 3.42. The highest BCUT2D eigenvalue weighted by molar-refractivity contribution is 7.14. The Labute approximate surface area is 247 Å². The predicted octanol–water partition coefficient (Wildman–Crippen LogP) is 3.35. The predicted molar refractivity (Wildman–Crippen MR) is 148 cm³/mol. The fraction of sp³-hybridized carbons (Fsp3) is 0.464. The molecular weight excluding hydrogens is 592 g/mol. The van der Waals surface area contributed by atoms with E-state index in [1.807, 2.05) is 0 Å². The first-order chi connectivity index (χ1) is 20.3. The third kappa shape index (κ3) is 4.73. The Bertz CT molecular complexity index is 1680. The van der Waals surface area contributed by atoms with Crippen molar-refractivity contribution < 1.29 is 32.3 Å². The van der Waals surface area contributed by atoms with Crippen LogP contribution in [0.5, 0.6) is 5.75 Å². The standard InChI is InChI=1S/C28H28F4N6O4S/c1-3-37-26(42)21-23(40)22(39)18(24-34-33-20(43-24)10-16-4-5-17(29)11-19(16)30)12-38(21)35(2)28(37)8-6-15(7-9-28)25(41)36-13-27(31,32)14-36/h4-5,11-12,15,40H,3,6-10,13-14H2,1-2H3. The third-order valence-electron chi connectivity index (χ3n) is 8.70. The molecule has 3 aliphatic rings. The Morgan fingerprint density at radius 1 is 1.14 bits per heavy atom. The average molecular weight is 621 g/mol. The van der Waals surface area contributed by atoms with E-state index in [0.29, 0.717) is 30.7 Å². The molecule has 10 nitrogen and oxygen atoms in total. The summed E-state index contributed by atoms with van der Waals surface area (Å²) < 4.78 is 55.6. The summed E-state index contributed by atoms with van der Waals surface area (Å²) in [7, 11) is 1.72. The molecule has 0 unspecified atom stereocenters. The van der Waals surface area contributed by atoms with Gasteiger partial charge in [-0.05, 0) is 44.2 Å². The molecule has 2 aromatic heterocycles. The summed E-state index contributed by atoms with van der Waals surface area (Å²) >= 11 is 0.999. The first-order valence-electron chi connectivity index (χ1n) is 13.8. The van der Waals surface area contributed by atoms with Gasteiger partial charge in [-0.3, -0.25) is 24.1 Å². The van der Waals surface area contributed by atoms with E-state index in [2.05, 4.69) is 10.2 Å². The first-order valence-corrected chi connectivity index (χ1v) is 14.6. The smallest absolute Gasteiger partial charge is 0.282 e. The molecular formula is C28H28F4N6O4S. The minimum Gasteiger partial charge on any atom is -0.502 e. The summed E-state index contributed by atoms with van der Waals surface area (Å²) in [6.07, 6.45) is 2.86. The Hall–Kier alpha value is -4.01. The van der Waals surface area contributed by atoms with Gasteiger partial charge in [0.1, 0.15) is 22.3 Å². The molecule has 1 saturated heterocycles. The molecule has 1 N–H and O–H groups in total. The molecule has 2 fully saturated rings. The number of alkyl halides is 2. The van der Waals surface area contributed by atoms with Crippen molar-refractivity contribution in [3.63, 3.8) is 0 Å². The minimum absolute atomic E-state index is 0.00392. The van der Waals surface area contributed by atoms with E-state index in [9.17, 15) is 37.1 Å². The number of carbonyl (C=O) groups is 2. The van der Waals surface area contributed by atoms with E-state index in [1.54, 1.807) is 23.9 Å². The molecule has 1 aliphatic carbocycles. The van der Waals surface area contributed by atoms with Crippen LogP contribution in [0.4, 0.5) is 17.6 Å². The topological polar surface area (TPSA) is 112 Å². The summed E-state index contributed by atoms with van der Waals surface area (Å²) in [5.41, 5.74) is -1.77. The maximum Gasteiger partial charge on any atom is 0.282 e. The van der Waals surface area contributed by atoms with Gasteiger partial charge in [-0.1, -0.05) is 17.4 Å². The van der Waals surface area contributed by atoms with Crippen molar-refractivity contribution in [2.75, 3.05) is 31.7 Å². The van der Waals surface area contributed by atoms with Crippen molar-refractivity contribution in [2.24, 2.45) is 5.92 Å². The number of nitrogens with zero attached hydrogens (tertiary/aromatic N) is 6. The second kappa shape index (κ2) is 10.3. The molecule has 3 aromatic rings. The Morgan fingerprint density at radius 3 is 2.47 bits per heavy atom. The zero-order valence-corrected chi connectivity index (χ0v) is 24.1. The molecule has 2 aliphatic heterocycles. The highest BCUT2D eigenvalue weighted by Crippen LogP contribution is 2.43. The molecule has 1 spiro atoms. The zero-order valence-electron chi connectivity index (χ0n) is 23.3. The molecule has 43 heavy (non-hydrogen) atoms. The number of pyridine rings is 1. The van der Waals surface area contributed by atoms with Crippen LogP contribution in [0.25, 0.3) is 10.6 Å². The lowest BCUT2D eigenvalue weighted by Gasteiger charge is -2.56. The second-order valence-corrected chi connectivity index (χ2v) is 12.3. The lowest BCUT2D eigenvalue weighted by molar-refractivity contribution is -0.171. The van der Waals surface area contributed by atoms with Crippen LogP contribution in [0.15, 0.2) is 29.2 Å². The summed E-state index contributed by atoms with van der Waals surface area (Å²) in [6.45, 7) is 0.873. The quantitative estimate of drug-likeness (QED) is 0.436. The van der Waals surface area contributed by atoms with E-state index in [4.69, 9.17) is 0 Å². The minimum atomic E-state index is -2.86. The van der Waals surface area contributed by atoms with Crippen molar-refractivity contribution in [1.29, 1.82) is 0 Å². The number of hydrogen-bond acceptors (Lipinski definition) is 8. The molecule has 15 heteroatoms. The van der Waals surface area contributed by atoms with E-state index >= 15 is 0 Å². The largest absolute Gasteiger partial charge is 0.502 e. The number of aromatic nitrogens is 3. The van der Waals surface area contributed by atoms with E-state index in [-0.39, 0.29) is 40.7 Å². The lowest BCUT2D eigenvalue weighted by atomic mass is 9.78. The Kier molecular flexibility index (Phi) is 6.98. The monoisotopic (exact) mass is 620 g/mol. The third-order valence-corrected chi connectivity index (χ3v) is 9.66. The maximum atomic E-state index is 14.2. The van der Waals surface area contributed by atoms with Gasteiger partial charge in [-0.2, -0.15) is 0 Å². The van der Waals surface area contributed by atoms with Gasteiger partial charge in [-0.25, -0.2) is 17.6 Å². The number of amides is 2.